The van der Waals surface area contributed by atoms with Crippen LogP contribution in [0.15, 0.2) is 0 Å². The smallest absolute Gasteiger partial charge is 0.302 e. The number of aldehydes is 1. The molecule has 0 aromatic heterocycles. The topological polar surface area (TPSA) is 61.8 Å². The highest BCUT2D eigenvalue weighted by Gasteiger charge is 2.34. The lowest BCUT2D eigenvalue weighted by atomic mass is 10.2. The van der Waals surface area contributed by atoms with Crippen LogP contribution < -0.4 is 0 Å². The monoisotopic (exact) mass is 202 g/mol. The first kappa shape index (κ1) is 11.1. The summed E-state index contributed by atoms with van der Waals surface area (Å²) in [7, 11) is 0. The summed E-state index contributed by atoms with van der Waals surface area (Å²) >= 11 is 0. The molecule has 1 aliphatic rings. The molecule has 1 saturated heterocycles. The van der Waals surface area contributed by atoms with Crippen molar-refractivity contribution in [3.05, 3.63) is 0 Å². The summed E-state index contributed by atoms with van der Waals surface area (Å²) in [5, 5.41) is 0. The van der Waals surface area contributed by atoms with E-state index in [1.54, 1.807) is 6.92 Å². The Balaban J connectivity index is 2.40. The van der Waals surface area contributed by atoms with Crippen LogP contribution >= 0.6 is 0 Å². The van der Waals surface area contributed by atoms with Gasteiger partial charge in [-0.05, 0) is 6.92 Å². The molecule has 0 aromatic rings. The Morgan fingerprint density at radius 2 is 2.07 bits per heavy atom. The van der Waals surface area contributed by atoms with Gasteiger partial charge in [0.05, 0.1) is 6.10 Å². The van der Waals surface area contributed by atoms with E-state index >= 15 is 0 Å². The molecular formula is C9H14O5. The molecule has 0 unspecified atom stereocenters. The van der Waals surface area contributed by atoms with Gasteiger partial charge in [0.15, 0.2) is 6.29 Å². The van der Waals surface area contributed by atoms with E-state index in [9.17, 15) is 9.59 Å². The number of carbonyl (C=O) groups excluding carboxylic acids is 2. The second-order valence-electron chi connectivity index (χ2n) is 3.12. The van der Waals surface area contributed by atoms with Gasteiger partial charge in [0.1, 0.15) is 19.0 Å². The average molecular weight is 202 g/mol. The summed E-state index contributed by atoms with van der Waals surface area (Å²) in [6, 6.07) is 0. The van der Waals surface area contributed by atoms with E-state index in [1.165, 1.54) is 6.92 Å². The van der Waals surface area contributed by atoms with Crippen molar-refractivity contribution in [3.63, 3.8) is 0 Å². The average Bonchev–Trinajstić information content (AvgIpc) is 2.44. The zero-order chi connectivity index (χ0) is 10.6. The van der Waals surface area contributed by atoms with Gasteiger partial charge in [0, 0.05) is 13.3 Å². The highest BCUT2D eigenvalue weighted by Crippen LogP contribution is 2.20. The van der Waals surface area contributed by atoms with Gasteiger partial charge in [0.2, 0.25) is 0 Å². The van der Waals surface area contributed by atoms with Gasteiger partial charge < -0.3 is 19.0 Å². The lowest BCUT2D eigenvalue weighted by molar-refractivity contribution is -0.145. The Kier molecular flexibility index (Phi) is 4.03. The molecule has 14 heavy (non-hydrogen) atoms. The Labute approximate surface area is 82.3 Å². The summed E-state index contributed by atoms with van der Waals surface area (Å²) in [4.78, 5) is 20.9. The van der Waals surface area contributed by atoms with Gasteiger partial charge in [-0.25, -0.2) is 0 Å². The number of carbonyl (C=O) groups is 2. The van der Waals surface area contributed by atoms with Crippen molar-refractivity contribution >= 4 is 12.3 Å². The first-order chi connectivity index (χ1) is 6.63. The second-order valence-corrected chi connectivity index (χ2v) is 3.12. The number of esters is 1. The van der Waals surface area contributed by atoms with Crippen LogP contribution in [-0.2, 0) is 23.8 Å². The summed E-state index contributed by atoms with van der Waals surface area (Å²) in [6.07, 6.45) is 0.0461. The number of rotatable bonds is 4. The molecule has 0 aliphatic carbocycles. The molecule has 5 heteroatoms. The number of hydrogen-bond donors (Lipinski definition) is 0. The third kappa shape index (κ3) is 3.08. The molecule has 0 N–H and O–H groups in total. The van der Waals surface area contributed by atoms with E-state index in [2.05, 4.69) is 0 Å². The normalized spacial score (nSPS) is 31.4. The quantitative estimate of drug-likeness (QED) is 0.483. The lowest BCUT2D eigenvalue weighted by Gasteiger charge is -2.13. The van der Waals surface area contributed by atoms with Crippen LogP contribution in [0.1, 0.15) is 20.3 Å². The molecule has 0 radical (unpaired) electrons. The Morgan fingerprint density at radius 1 is 1.43 bits per heavy atom. The summed E-state index contributed by atoms with van der Waals surface area (Å²) in [6.45, 7) is 3.21. The molecular weight excluding hydrogens is 188 g/mol. The van der Waals surface area contributed by atoms with Gasteiger partial charge in [-0.1, -0.05) is 0 Å². The molecule has 3 atom stereocenters. The Bertz CT molecular complexity index is 215. The maximum atomic E-state index is 10.6. The van der Waals surface area contributed by atoms with Crippen molar-refractivity contribution in [2.45, 2.75) is 38.8 Å². The fraction of sp³-hybridized carbons (Fsp3) is 0.778. The zero-order valence-electron chi connectivity index (χ0n) is 8.26. The Morgan fingerprint density at radius 3 is 2.64 bits per heavy atom. The van der Waals surface area contributed by atoms with Crippen molar-refractivity contribution in [3.8, 4) is 0 Å². The van der Waals surface area contributed by atoms with Crippen LogP contribution in [0.3, 0.4) is 0 Å². The molecule has 0 amide bonds. The predicted molar refractivity (Wildman–Crippen MR) is 46.5 cm³/mol. The lowest BCUT2D eigenvalue weighted by Crippen LogP contribution is -2.28. The first-order valence-corrected chi connectivity index (χ1v) is 4.51. The maximum Gasteiger partial charge on any atom is 0.302 e. The minimum Gasteiger partial charge on any atom is -0.463 e. The van der Waals surface area contributed by atoms with Crippen LogP contribution in [0, 0.1) is 0 Å². The minimum atomic E-state index is -0.363. The predicted octanol–water partition coefficient (Wildman–Crippen LogP) is 0.268. The molecule has 0 spiro atoms. The number of ether oxygens (including phenoxy) is 3. The number of hydrogen-bond acceptors (Lipinski definition) is 5. The Hall–Kier alpha value is -0.940. The summed E-state index contributed by atoms with van der Waals surface area (Å²) < 4.78 is 15.4. The largest absolute Gasteiger partial charge is 0.463 e. The van der Waals surface area contributed by atoms with E-state index in [0.29, 0.717) is 0 Å². The van der Waals surface area contributed by atoms with Crippen molar-refractivity contribution in [1.29, 1.82) is 0 Å². The summed E-state index contributed by atoms with van der Waals surface area (Å²) in [5.41, 5.74) is 0. The van der Waals surface area contributed by atoms with E-state index < -0.39 is 0 Å². The molecule has 1 aliphatic heterocycles. The molecule has 1 heterocycles. The second kappa shape index (κ2) is 5.07. The molecule has 0 aromatic carbocycles. The molecule has 0 bridgehead atoms. The van der Waals surface area contributed by atoms with Gasteiger partial charge in [-0.15, -0.1) is 0 Å². The first-order valence-electron chi connectivity index (χ1n) is 4.51. The van der Waals surface area contributed by atoms with E-state index in [-0.39, 0.29) is 37.5 Å². The third-order valence-electron chi connectivity index (χ3n) is 1.93. The van der Waals surface area contributed by atoms with Crippen LogP contribution in [0.4, 0.5) is 0 Å². The highest BCUT2D eigenvalue weighted by molar-refractivity contribution is 5.65. The van der Waals surface area contributed by atoms with Gasteiger partial charge in [-0.2, -0.15) is 0 Å². The maximum absolute atomic E-state index is 10.6. The fourth-order valence-corrected chi connectivity index (χ4v) is 1.35. The van der Waals surface area contributed by atoms with Crippen molar-refractivity contribution in [1.82, 2.24) is 0 Å². The molecule has 1 rings (SSSR count). The summed E-state index contributed by atoms with van der Waals surface area (Å²) in [5.74, 6) is -0.363. The van der Waals surface area contributed by atoms with Gasteiger partial charge >= 0.3 is 5.97 Å². The minimum absolute atomic E-state index is 0.137. The van der Waals surface area contributed by atoms with Crippen LogP contribution in [0.5, 0.6) is 0 Å². The molecule has 0 saturated carbocycles. The van der Waals surface area contributed by atoms with Crippen LogP contribution in [-0.4, -0.2) is 37.4 Å². The van der Waals surface area contributed by atoms with Crippen molar-refractivity contribution in [2.75, 3.05) is 6.61 Å². The van der Waals surface area contributed by atoms with Crippen LogP contribution in [0.2, 0.25) is 0 Å². The van der Waals surface area contributed by atoms with E-state index in [0.717, 1.165) is 6.29 Å². The van der Waals surface area contributed by atoms with Crippen LogP contribution in [0.25, 0.3) is 0 Å². The molecule has 5 nitrogen and oxygen atoms in total. The molecule has 1 fully saturated rings. The van der Waals surface area contributed by atoms with E-state index in [1.807, 2.05) is 0 Å². The van der Waals surface area contributed by atoms with Crippen molar-refractivity contribution in [2.24, 2.45) is 0 Å². The molecule has 80 valence electrons. The fourth-order valence-electron chi connectivity index (χ4n) is 1.35. The van der Waals surface area contributed by atoms with E-state index in [4.69, 9.17) is 14.2 Å². The van der Waals surface area contributed by atoms with Crippen molar-refractivity contribution < 1.29 is 23.8 Å². The zero-order valence-corrected chi connectivity index (χ0v) is 8.26. The standard InChI is InChI=1S/C9H14O5/c1-6(11)12-5-9-8(3-4-10)13-7(2)14-9/h4,7-9H,3,5H2,1-2H3/t7-,8-,9+/m0/s1. The third-order valence-corrected chi connectivity index (χ3v) is 1.93. The SMILES string of the molecule is CC(=O)OC[C@H]1O[C@@H](C)O[C@H]1CC=O. The van der Waals surface area contributed by atoms with Gasteiger partial charge in [0.25, 0.3) is 0 Å². The highest BCUT2D eigenvalue weighted by atomic mass is 16.7. The van der Waals surface area contributed by atoms with Gasteiger partial charge in [-0.3, -0.25) is 4.79 Å².